The molecule has 1 aliphatic rings. The molecular weight excluding hydrogens is 255 g/mol. The maximum absolute atomic E-state index is 5.76. The van der Waals surface area contributed by atoms with E-state index in [1.54, 1.807) is 0 Å². The number of unbranched alkanes of at least 4 members (excludes halogenated alkanes) is 7. The standard InChI is InChI=1S/C16H33O2P/c1-2-3-4-5-6-7-8-12-15-17-19-18-16-13-10-9-11-14-16/h16,19H,2-15H2,1H3. The minimum atomic E-state index is 0.275. The second-order valence-corrected chi connectivity index (χ2v) is 6.48. The van der Waals surface area contributed by atoms with Crippen LogP contribution in [-0.4, -0.2) is 12.7 Å². The molecule has 0 aliphatic heterocycles. The van der Waals surface area contributed by atoms with E-state index in [-0.39, 0.29) is 9.03 Å². The molecule has 0 bridgehead atoms. The van der Waals surface area contributed by atoms with E-state index in [4.69, 9.17) is 9.05 Å². The minimum Gasteiger partial charge on any atom is -0.336 e. The SMILES string of the molecule is CCCCCCCCCCOPOC1CCCCC1. The van der Waals surface area contributed by atoms with Crippen molar-refractivity contribution in [2.45, 2.75) is 96.5 Å². The van der Waals surface area contributed by atoms with Crippen molar-refractivity contribution in [2.75, 3.05) is 6.61 Å². The normalized spacial score (nSPS) is 17.5. The topological polar surface area (TPSA) is 18.5 Å². The van der Waals surface area contributed by atoms with Gasteiger partial charge in [0.1, 0.15) is 0 Å². The molecule has 0 aromatic rings. The van der Waals surface area contributed by atoms with Gasteiger partial charge in [-0.1, -0.05) is 71.1 Å². The summed E-state index contributed by atoms with van der Waals surface area (Å²) >= 11 is 0. The summed E-state index contributed by atoms with van der Waals surface area (Å²) in [6.45, 7) is 3.16. The van der Waals surface area contributed by atoms with Crippen LogP contribution in [0.15, 0.2) is 0 Å². The van der Waals surface area contributed by atoms with Crippen molar-refractivity contribution in [3.05, 3.63) is 0 Å². The Labute approximate surface area is 122 Å². The summed E-state index contributed by atoms with van der Waals surface area (Å²) in [6.07, 6.45) is 17.9. The van der Waals surface area contributed by atoms with E-state index in [2.05, 4.69) is 6.92 Å². The molecule has 0 spiro atoms. The van der Waals surface area contributed by atoms with Gasteiger partial charge in [0.05, 0.1) is 12.7 Å². The predicted molar refractivity (Wildman–Crippen MR) is 84.8 cm³/mol. The van der Waals surface area contributed by atoms with Crippen molar-refractivity contribution in [3.8, 4) is 0 Å². The first-order chi connectivity index (χ1) is 9.43. The van der Waals surface area contributed by atoms with Gasteiger partial charge in [0.25, 0.3) is 0 Å². The van der Waals surface area contributed by atoms with Gasteiger partial charge in [-0.2, -0.15) is 0 Å². The molecule has 0 radical (unpaired) electrons. The third kappa shape index (κ3) is 10.8. The van der Waals surface area contributed by atoms with Gasteiger partial charge in [-0.05, 0) is 19.3 Å². The molecule has 1 rings (SSSR count). The molecule has 2 nitrogen and oxygen atoms in total. The van der Waals surface area contributed by atoms with Crippen molar-refractivity contribution < 1.29 is 9.05 Å². The molecule has 3 heteroatoms. The average molecular weight is 288 g/mol. The van der Waals surface area contributed by atoms with Crippen LogP contribution in [0.5, 0.6) is 0 Å². The molecular formula is C16H33O2P. The molecule has 114 valence electrons. The van der Waals surface area contributed by atoms with E-state index in [0.29, 0.717) is 6.10 Å². The maximum Gasteiger partial charge on any atom is 0.155 e. The van der Waals surface area contributed by atoms with Crippen molar-refractivity contribution in [1.29, 1.82) is 0 Å². The van der Waals surface area contributed by atoms with Crippen molar-refractivity contribution in [1.82, 2.24) is 0 Å². The van der Waals surface area contributed by atoms with Gasteiger partial charge in [-0.15, -0.1) is 0 Å². The lowest BCUT2D eigenvalue weighted by atomic mass is 9.98. The van der Waals surface area contributed by atoms with Gasteiger partial charge in [0.15, 0.2) is 9.03 Å². The second-order valence-electron chi connectivity index (χ2n) is 5.78. The van der Waals surface area contributed by atoms with Crippen LogP contribution < -0.4 is 0 Å². The molecule has 0 aromatic heterocycles. The average Bonchev–Trinajstić information content (AvgIpc) is 2.46. The Morgan fingerprint density at radius 3 is 2.16 bits per heavy atom. The summed E-state index contributed by atoms with van der Waals surface area (Å²) < 4.78 is 11.3. The van der Waals surface area contributed by atoms with Crippen LogP contribution in [0.2, 0.25) is 0 Å². The smallest absolute Gasteiger partial charge is 0.155 e. The Balaban J connectivity index is 1.71. The zero-order chi connectivity index (χ0) is 13.6. The highest BCUT2D eigenvalue weighted by Gasteiger charge is 2.13. The Morgan fingerprint density at radius 1 is 0.842 bits per heavy atom. The highest BCUT2D eigenvalue weighted by atomic mass is 31.1. The molecule has 19 heavy (non-hydrogen) atoms. The van der Waals surface area contributed by atoms with Crippen LogP contribution in [0.4, 0.5) is 0 Å². The zero-order valence-electron chi connectivity index (χ0n) is 12.8. The number of hydrogen-bond donors (Lipinski definition) is 0. The fourth-order valence-electron chi connectivity index (χ4n) is 2.63. The van der Waals surface area contributed by atoms with E-state index in [0.717, 1.165) is 6.61 Å². The monoisotopic (exact) mass is 288 g/mol. The fourth-order valence-corrected chi connectivity index (χ4v) is 3.30. The molecule has 1 fully saturated rings. The Bertz CT molecular complexity index is 182. The largest absolute Gasteiger partial charge is 0.336 e. The number of hydrogen-bond acceptors (Lipinski definition) is 2. The summed E-state index contributed by atoms with van der Waals surface area (Å²) in [6, 6.07) is 0. The van der Waals surface area contributed by atoms with Crippen LogP contribution in [0.1, 0.15) is 90.4 Å². The molecule has 0 saturated heterocycles. The van der Waals surface area contributed by atoms with Gasteiger partial charge < -0.3 is 9.05 Å². The van der Waals surface area contributed by atoms with Crippen LogP contribution in [0, 0.1) is 0 Å². The van der Waals surface area contributed by atoms with E-state index < -0.39 is 0 Å². The zero-order valence-corrected chi connectivity index (χ0v) is 13.8. The van der Waals surface area contributed by atoms with E-state index >= 15 is 0 Å². The maximum atomic E-state index is 5.76. The third-order valence-corrected chi connectivity index (χ3v) is 4.68. The van der Waals surface area contributed by atoms with Crippen LogP contribution in [0.3, 0.4) is 0 Å². The predicted octanol–water partition coefficient (Wildman–Crippen LogP) is 6.00. The first-order valence-electron chi connectivity index (χ1n) is 8.46. The Kier molecular flexibility index (Phi) is 12.2. The lowest BCUT2D eigenvalue weighted by molar-refractivity contribution is 0.150. The van der Waals surface area contributed by atoms with E-state index in [9.17, 15) is 0 Å². The minimum absolute atomic E-state index is 0.275. The fraction of sp³-hybridized carbons (Fsp3) is 1.00. The Hall–Kier alpha value is 0.350. The lowest BCUT2D eigenvalue weighted by Gasteiger charge is -2.21. The summed E-state index contributed by atoms with van der Waals surface area (Å²) in [7, 11) is 0.275. The molecule has 0 aromatic carbocycles. The van der Waals surface area contributed by atoms with E-state index in [1.165, 1.54) is 83.5 Å². The molecule has 1 unspecified atom stereocenters. The molecule has 0 N–H and O–H groups in total. The first kappa shape index (κ1) is 17.4. The first-order valence-corrected chi connectivity index (χ1v) is 9.27. The van der Waals surface area contributed by atoms with Gasteiger partial charge in [-0.3, -0.25) is 0 Å². The number of rotatable bonds is 12. The van der Waals surface area contributed by atoms with E-state index in [1.807, 2.05) is 0 Å². The van der Waals surface area contributed by atoms with Gasteiger partial charge in [-0.25, -0.2) is 0 Å². The molecule has 0 amide bonds. The Morgan fingerprint density at radius 2 is 1.47 bits per heavy atom. The highest BCUT2D eigenvalue weighted by Crippen LogP contribution is 2.27. The second kappa shape index (κ2) is 13.3. The van der Waals surface area contributed by atoms with Crippen LogP contribution in [0.25, 0.3) is 0 Å². The van der Waals surface area contributed by atoms with Crippen molar-refractivity contribution >= 4 is 9.03 Å². The van der Waals surface area contributed by atoms with Crippen LogP contribution in [-0.2, 0) is 9.05 Å². The molecule has 1 aliphatic carbocycles. The van der Waals surface area contributed by atoms with Gasteiger partial charge >= 0.3 is 0 Å². The summed E-state index contributed by atoms with van der Waals surface area (Å²) in [5, 5.41) is 0. The molecule has 1 saturated carbocycles. The summed E-state index contributed by atoms with van der Waals surface area (Å²) in [5.74, 6) is 0. The van der Waals surface area contributed by atoms with Crippen molar-refractivity contribution in [2.24, 2.45) is 0 Å². The lowest BCUT2D eigenvalue weighted by Crippen LogP contribution is -2.12. The quantitative estimate of drug-likeness (QED) is 0.324. The van der Waals surface area contributed by atoms with Crippen molar-refractivity contribution in [3.63, 3.8) is 0 Å². The summed E-state index contributed by atoms with van der Waals surface area (Å²) in [5.41, 5.74) is 0. The third-order valence-electron chi connectivity index (χ3n) is 3.93. The molecule has 0 heterocycles. The highest BCUT2D eigenvalue weighted by molar-refractivity contribution is 7.26. The van der Waals surface area contributed by atoms with Gasteiger partial charge in [0, 0.05) is 0 Å². The van der Waals surface area contributed by atoms with Gasteiger partial charge in [0.2, 0.25) is 0 Å². The van der Waals surface area contributed by atoms with Crippen LogP contribution >= 0.6 is 9.03 Å². The molecule has 1 atom stereocenters. The summed E-state index contributed by atoms with van der Waals surface area (Å²) in [4.78, 5) is 0.